The Kier molecular flexibility index (Phi) is 3.79. The van der Waals surface area contributed by atoms with E-state index in [0.717, 1.165) is 44.3 Å². The fourth-order valence-corrected chi connectivity index (χ4v) is 2.69. The van der Waals surface area contributed by atoms with Crippen molar-refractivity contribution in [2.75, 3.05) is 20.1 Å². The average molecular weight is 236 g/mol. The van der Waals surface area contributed by atoms with Crippen molar-refractivity contribution in [3.05, 3.63) is 35.6 Å². The van der Waals surface area contributed by atoms with Gasteiger partial charge in [0.2, 0.25) is 0 Å². The van der Waals surface area contributed by atoms with Crippen LogP contribution < -0.4 is 5.73 Å². The number of likely N-dealkylation sites (N-methyl/N-ethyl adjacent to an activating group) is 1. The van der Waals surface area contributed by atoms with Crippen molar-refractivity contribution in [1.29, 1.82) is 0 Å². The van der Waals surface area contributed by atoms with Gasteiger partial charge in [-0.3, -0.25) is 0 Å². The highest BCUT2D eigenvalue weighted by molar-refractivity contribution is 5.18. The standard InChI is InChI=1S/C14H21FN2/c1-17-10-4-8-14(16,11-17)9-7-12-5-2-3-6-13(12)15/h2-3,5-6H,4,7-11,16H2,1H3. The van der Waals surface area contributed by atoms with E-state index in [-0.39, 0.29) is 11.4 Å². The van der Waals surface area contributed by atoms with Crippen LogP contribution in [-0.2, 0) is 6.42 Å². The van der Waals surface area contributed by atoms with Crippen LogP contribution in [0.15, 0.2) is 24.3 Å². The number of rotatable bonds is 3. The van der Waals surface area contributed by atoms with Crippen LogP contribution in [0.2, 0.25) is 0 Å². The van der Waals surface area contributed by atoms with E-state index in [0.29, 0.717) is 0 Å². The first-order valence-electron chi connectivity index (χ1n) is 6.30. The lowest BCUT2D eigenvalue weighted by Crippen LogP contribution is -2.53. The minimum atomic E-state index is -0.144. The van der Waals surface area contributed by atoms with Gasteiger partial charge in [-0.1, -0.05) is 18.2 Å². The molecule has 2 N–H and O–H groups in total. The largest absolute Gasteiger partial charge is 0.324 e. The Morgan fingerprint density at radius 2 is 2.18 bits per heavy atom. The monoisotopic (exact) mass is 236 g/mol. The summed E-state index contributed by atoms with van der Waals surface area (Å²) in [6.45, 7) is 2.04. The predicted molar refractivity (Wildman–Crippen MR) is 68.4 cm³/mol. The average Bonchev–Trinajstić information content (AvgIpc) is 2.28. The zero-order valence-corrected chi connectivity index (χ0v) is 10.5. The molecule has 1 aromatic rings. The fourth-order valence-electron chi connectivity index (χ4n) is 2.69. The predicted octanol–water partition coefficient (Wildman–Crippen LogP) is 2.18. The van der Waals surface area contributed by atoms with Crippen LogP contribution in [-0.4, -0.2) is 30.6 Å². The highest BCUT2D eigenvalue weighted by Crippen LogP contribution is 2.23. The van der Waals surface area contributed by atoms with Crippen molar-refractivity contribution in [3.63, 3.8) is 0 Å². The summed E-state index contributed by atoms with van der Waals surface area (Å²) in [4.78, 5) is 2.27. The van der Waals surface area contributed by atoms with E-state index in [1.807, 2.05) is 12.1 Å². The summed E-state index contributed by atoms with van der Waals surface area (Å²) in [7, 11) is 2.10. The van der Waals surface area contributed by atoms with E-state index in [4.69, 9.17) is 5.73 Å². The van der Waals surface area contributed by atoms with E-state index < -0.39 is 0 Å². The van der Waals surface area contributed by atoms with Gasteiger partial charge in [0, 0.05) is 12.1 Å². The third-order valence-corrected chi connectivity index (χ3v) is 3.65. The van der Waals surface area contributed by atoms with Crippen molar-refractivity contribution in [2.24, 2.45) is 5.73 Å². The Hall–Kier alpha value is -0.930. The maximum absolute atomic E-state index is 13.5. The number of nitrogens with zero attached hydrogens (tertiary/aromatic N) is 1. The molecule has 2 rings (SSSR count). The van der Waals surface area contributed by atoms with Crippen LogP contribution in [0, 0.1) is 5.82 Å². The minimum absolute atomic E-state index is 0.111. The molecular formula is C14H21FN2. The van der Waals surface area contributed by atoms with Crippen LogP contribution in [0.5, 0.6) is 0 Å². The third kappa shape index (κ3) is 3.27. The molecule has 0 spiro atoms. The second-order valence-electron chi connectivity index (χ2n) is 5.30. The van der Waals surface area contributed by atoms with E-state index in [1.54, 1.807) is 6.07 Å². The summed E-state index contributed by atoms with van der Waals surface area (Å²) in [6.07, 6.45) is 3.78. The molecule has 0 amide bonds. The molecule has 0 aliphatic carbocycles. The topological polar surface area (TPSA) is 29.3 Å². The molecule has 0 saturated carbocycles. The maximum Gasteiger partial charge on any atom is 0.126 e. The molecule has 1 saturated heterocycles. The lowest BCUT2D eigenvalue weighted by Gasteiger charge is -2.38. The van der Waals surface area contributed by atoms with Gasteiger partial charge in [0.25, 0.3) is 0 Å². The fraction of sp³-hybridized carbons (Fsp3) is 0.571. The smallest absolute Gasteiger partial charge is 0.126 e. The molecule has 94 valence electrons. The summed E-state index contributed by atoms with van der Waals surface area (Å²) in [6, 6.07) is 6.98. The molecule has 1 atom stereocenters. The zero-order chi connectivity index (χ0) is 12.3. The Labute approximate surface area is 103 Å². The van der Waals surface area contributed by atoms with Gasteiger partial charge in [-0.15, -0.1) is 0 Å². The van der Waals surface area contributed by atoms with Crippen molar-refractivity contribution in [1.82, 2.24) is 4.90 Å². The van der Waals surface area contributed by atoms with Gasteiger partial charge in [0.1, 0.15) is 5.82 Å². The number of hydrogen-bond acceptors (Lipinski definition) is 2. The van der Waals surface area contributed by atoms with Gasteiger partial charge in [-0.25, -0.2) is 4.39 Å². The summed E-state index contributed by atoms with van der Waals surface area (Å²) in [5.74, 6) is -0.111. The Morgan fingerprint density at radius 1 is 1.41 bits per heavy atom. The first kappa shape index (κ1) is 12.5. The van der Waals surface area contributed by atoms with Crippen molar-refractivity contribution < 1.29 is 4.39 Å². The lowest BCUT2D eigenvalue weighted by molar-refractivity contribution is 0.170. The molecule has 1 aromatic carbocycles. The molecular weight excluding hydrogens is 215 g/mol. The Bertz CT molecular complexity index is 380. The van der Waals surface area contributed by atoms with Crippen molar-refractivity contribution in [3.8, 4) is 0 Å². The van der Waals surface area contributed by atoms with Crippen LogP contribution in [0.1, 0.15) is 24.8 Å². The number of nitrogens with two attached hydrogens (primary N) is 1. The SMILES string of the molecule is CN1CCCC(N)(CCc2ccccc2F)C1. The van der Waals surface area contributed by atoms with E-state index in [9.17, 15) is 4.39 Å². The number of piperidine rings is 1. The Morgan fingerprint density at radius 3 is 2.88 bits per heavy atom. The van der Waals surface area contributed by atoms with Gasteiger partial charge in [-0.2, -0.15) is 0 Å². The quantitative estimate of drug-likeness (QED) is 0.871. The first-order chi connectivity index (χ1) is 8.09. The highest BCUT2D eigenvalue weighted by Gasteiger charge is 2.29. The molecule has 1 aliphatic rings. The molecule has 1 heterocycles. The van der Waals surface area contributed by atoms with Gasteiger partial charge in [0.05, 0.1) is 0 Å². The second kappa shape index (κ2) is 5.15. The molecule has 3 heteroatoms. The highest BCUT2D eigenvalue weighted by atomic mass is 19.1. The summed E-state index contributed by atoms with van der Waals surface area (Å²) >= 11 is 0. The van der Waals surface area contributed by atoms with E-state index in [2.05, 4.69) is 11.9 Å². The number of aryl methyl sites for hydroxylation is 1. The van der Waals surface area contributed by atoms with Gasteiger partial charge < -0.3 is 10.6 Å². The molecule has 1 aliphatic heterocycles. The van der Waals surface area contributed by atoms with Crippen molar-refractivity contribution >= 4 is 0 Å². The number of likely N-dealkylation sites (tertiary alicyclic amines) is 1. The Balaban J connectivity index is 1.95. The molecule has 0 radical (unpaired) electrons. The molecule has 2 nitrogen and oxygen atoms in total. The molecule has 0 aromatic heterocycles. The minimum Gasteiger partial charge on any atom is -0.324 e. The van der Waals surface area contributed by atoms with Gasteiger partial charge in [0.15, 0.2) is 0 Å². The number of halogens is 1. The lowest BCUT2D eigenvalue weighted by atomic mass is 9.85. The summed E-state index contributed by atoms with van der Waals surface area (Å²) < 4.78 is 13.5. The molecule has 0 bridgehead atoms. The maximum atomic E-state index is 13.5. The third-order valence-electron chi connectivity index (χ3n) is 3.65. The van der Waals surface area contributed by atoms with E-state index in [1.165, 1.54) is 6.07 Å². The van der Waals surface area contributed by atoms with Crippen LogP contribution in [0.3, 0.4) is 0 Å². The zero-order valence-electron chi connectivity index (χ0n) is 10.5. The first-order valence-corrected chi connectivity index (χ1v) is 6.30. The summed E-state index contributed by atoms with van der Waals surface area (Å²) in [5.41, 5.74) is 7.02. The van der Waals surface area contributed by atoms with Gasteiger partial charge >= 0.3 is 0 Å². The number of hydrogen-bond donors (Lipinski definition) is 1. The second-order valence-corrected chi connectivity index (χ2v) is 5.30. The van der Waals surface area contributed by atoms with Crippen LogP contribution in [0.4, 0.5) is 4.39 Å². The van der Waals surface area contributed by atoms with Gasteiger partial charge in [-0.05, 0) is 50.9 Å². The molecule has 17 heavy (non-hydrogen) atoms. The van der Waals surface area contributed by atoms with Crippen LogP contribution in [0.25, 0.3) is 0 Å². The van der Waals surface area contributed by atoms with Crippen molar-refractivity contribution in [2.45, 2.75) is 31.2 Å². The van der Waals surface area contributed by atoms with E-state index >= 15 is 0 Å². The molecule has 1 fully saturated rings. The summed E-state index contributed by atoms with van der Waals surface area (Å²) in [5, 5.41) is 0. The van der Waals surface area contributed by atoms with Crippen LogP contribution >= 0.6 is 0 Å². The normalized spacial score (nSPS) is 26.1. The molecule has 1 unspecified atom stereocenters. The number of benzene rings is 1.